The van der Waals surface area contributed by atoms with Gasteiger partial charge in [0.25, 0.3) is 0 Å². The van der Waals surface area contributed by atoms with E-state index in [0.717, 1.165) is 18.5 Å². The highest BCUT2D eigenvalue weighted by molar-refractivity contribution is 5.78. The highest BCUT2D eigenvalue weighted by Gasteiger charge is 1.98. The first-order chi connectivity index (χ1) is 7.75. The second-order valence-corrected chi connectivity index (χ2v) is 4.40. The molecule has 0 amide bonds. The van der Waals surface area contributed by atoms with Crippen molar-refractivity contribution in [3.8, 4) is 0 Å². The molecule has 84 valence electrons. The van der Waals surface area contributed by atoms with Gasteiger partial charge in [0.1, 0.15) is 0 Å². The van der Waals surface area contributed by atoms with E-state index in [0.29, 0.717) is 0 Å². The van der Waals surface area contributed by atoms with E-state index in [2.05, 4.69) is 54.3 Å². The third-order valence-corrected chi connectivity index (χ3v) is 2.69. The van der Waals surface area contributed by atoms with Gasteiger partial charge in [-0.2, -0.15) is 0 Å². The summed E-state index contributed by atoms with van der Waals surface area (Å²) in [7, 11) is 4.21. The van der Waals surface area contributed by atoms with E-state index in [-0.39, 0.29) is 0 Å². The SMILES string of the molecule is CN(C)CCCc1ccc2ccccc2n1. The van der Waals surface area contributed by atoms with E-state index in [1.807, 2.05) is 6.07 Å². The fourth-order valence-electron chi connectivity index (χ4n) is 1.82. The van der Waals surface area contributed by atoms with E-state index < -0.39 is 0 Å². The summed E-state index contributed by atoms with van der Waals surface area (Å²) in [5.74, 6) is 0. The zero-order valence-corrected chi connectivity index (χ0v) is 9.98. The Balaban J connectivity index is 2.08. The van der Waals surface area contributed by atoms with Gasteiger partial charge in [0, 0.05) is 11.1 Å². The second-order valence-electron chi connectivity index (χ2n) is 4.40. The van der Waals surface area contributed by atoms with E-state index in [9.17, 15) is 0 Å². The van der Waals surface area contributed by atoms with Gasteiger partial charge in [-0.15, -0.1) is 0 Å². The molecule has 0 aliphatic heterocycles. The number of rotatable bonds is 4. The lowest BCUT2D eigenvalue weighted by Crippen LogP contribution is -2.13. The van der Waals surface area contributed by atoms with Crippen molar-refractivity contribution in [3.63, 3.8) is 0 Å². The monoisotopic (exact) mass is 214 g/mol. The number of pyridine rings is 1. The van der Waals surface area contributed by atoms with Gasteiger partial charge in [-0.3, -0.25) is 4.98 Å². The van der Waals surface area contributed by atoms with Crippen LogP contribution in [-0.2, 0) is 6.42 Å². The summed E-state index contributed by atoms with van der Waals surface area (Å²) in [6, 6.07) is 12.6. The summed E-state index contributed by atoms with van der Waals surface area (Å²) in [5, 5.41) is 1.22. The van der Waals surface area contributed by atoms with Gasteiger partial charge < -0.3 is 4.90 Å². The van der Waals surface area contributed by atoms with Crippen molar-refractivity contribution >= 4 is 10.9 Å². The fourth-order valence-corrected chi connectivity index (χ4v) is 1.82. The molecule has 2 aromatic rings. The van der Waals surface area contributed by atoms with Gasteiger partial charge in [0.05, 0.1) is 5.52 Å². The molecule has 16 heavy (non-hydrogen) atoms. The van der Waals surface area contributed by atoms with E-state index in [4.69, 9.17) is 0 Å². The molecule has 0 spiro atoms. The molecule has 2 heteroatoms. The van der Waals surface area contributed by atoms with Crippen LogP contribution in [0.1, 0.15) is 12.1 Å². The molecule has 0 radical (unpaired) electrons. The molecule has 2 nitrogen and oxygen atoms in total. The standard InChI is InChI=1S/C14H18N2/c1-16(2)11-5-7-13-10-9-12-6-3-4-8-14(12)15-13/h3-4,6,8-10H,5,7,11H2,1-2H3. The van der Waals surface area contributed by atoms with E-state index in [1.54, 1.807) is 0 Å². The molecule has 0 aliphatic rings. The average molecular weight is 214 g/mol. The quantitative estimate of drug-likeness (QED) is 0.778. The van der Waals surface area contributed by atoms with Crippen LogP contribution in [0.4, 0.5) is 0 Å². The molecule has 0 fully saturated rings. The number of benzene rings is 1. The molecule has 1 aromatic heterocycles. The number of aromatic nitrogens is 1. The summed E-state index contributed by atoms with van der Waals surface area (Å²) in [4.78, 5) is 6.86. The Morgan fingerprint density at radius 3 is 2.69 bits per heavy atom. The van der Waals surface area contributed by atoms with Crippen molar-refractivity contribution in [1.82, 2.24) is 9.88 Å². The van der Waals surface area contributed by atoms with Crippen LogP contribution >= 0.6 is 0 Å². The maximum Gasteiger partial charge on any atom is 0.0705 e. The molecule has 2 rings (SSSR count). The minimum Gasteiger partial charge on any atom is -0.309 e. The van der Waals surface area contributed by atoms with Crippen LogP contribution in [0.25, 0.3) is 10.9 Å². The lowest BCUT2D eigenvalue weighted by atomic mass is 10.1. The van der Waals surface area contributed by atoms with Crippen LogP contribution in [0.15, 0.2) is 36.4 Å². The van der Waals surface area contributed by atoms with Gasteiger partial charge in [0.2, 0.25) is 0 Å². The molecule has 1 heterocycles. The maximum absolute atomic E-state index is 4.65. The third-order valence-electron chi connectivity index (χ3n) is 2.69. The van der Waals surface area contributed by atoms with Crippen LogP contribution in [-0.4, -0.2) is 30.5 Å². The summed E-state index contributed by atoms with van der Waals surface area (Å²) in [6.45, 7) is 1.12. The Labute approximate surface area is 96.9 Å². The maximum atomic E-state index is 4.65. The van der Waals surface area contributed by atoms with Crippen molar-refractivity contribution in [2.75, 3.05) is 20.6 Å². The van der Waals surface area contributed by atoms with Gasteiger partial charge in [-0.25, -0.2) is 0 Å². The van der Waals surface area contributed by atoms with Crippen LogP contribution < -0.4 is 0 Å². The number of para-hydroxylation sites is 1. The predicted octanol–water partition coefficient (Wildman–Crippen LogP) is 2.73. The average Bonchev–Trinajstić information content (AvgIpc) is 2.28. The first-order valence-corrected chi connectivity index (χ1v) is 5.75. The van der Waals surface area contributed by atoms with E-state index >= 15 is 0 Å². The molecule has 0 unspecified atom stereocenters. The van der Waals surface area contributed by atoms with Gasteiger partial charge in [-0.1, -0.05) is 24.3 Å². The van der Waals surface area contributed by atoms with Gasteiger partial charge >= 0.3 is 0 Å². The summed E-state index contributed by atoms with van der Waals surface area (Å²) < 4.78 is 0. The van der Waals surface area contributed by atoms with Crippen LogP contribution in [0.3, 0.4) is 0 Å². The lowest BCUT2D eigenvalue weighted by molar-refractivity contribution is 0.399. The summed E-state index contributed by atoms with van der Waals surface area (Å²) in [6.07, 6.45) is 2.22. The first-order valence-electron chi connectivity index (χ1n) is 5.75. The lowest BCUT2D eigenvalue weighted by Gasteiger charge is -2.08. The normalized spacial score (nSPS) is 11.2. The zero-order chi connectivity index (χ0) is 11.4. The van der Waals surface area contributed by atoms with Gasteiger partial charge in [-0.05, 0) is 45.6 Å². The number of aryl methyl sites for hydroxylation is 1. The molecule has 0 bridgehead atoms. The van der Waals surface area contributed by atoms with Crippen molar-refractivity contribution in [3.05, 3.63) is 42.1 Å². The predicted molar refractivity (Wildman–Crippen MR) is 68.6 cm³/mol. The molecular formula is C14H18N2. The molecule has 0 N–H and O–H groups in total. The van der Waals surface area contributed by atoms with Crippen molar-refractivity contribution < 1.29 is 0 Å². The third kappa shape index (κ3) is 2.80. The Bertz CT molecular complexity index is 463. The Kier molecular flexibility index (Phi) is 3.52. The molecule has 0 atom stereocenters. The Morgan fingerprint density at radius 1 is 1.06 bits per heavy atom. The fraction of sp³-hybridized carbons (Fsp3) is 0.357. The number of nitrogens with zero attached hydrogens (tertiary/aromatic N) is 2. The van der Waals surface area contributed by atoms with E-state index in [1.165, 1.54) is 17.5 Å². The molecule has 0 saturated heterocycles. The summed E-state index contributed by atoms with van der Waals surface area (Å²) >= 11 is 0. The van der Waals surface area contributed by atoms with Crippen molar-refractivity contribution in [2.45, 2.75) is 12.8 Å². The molecule has 0 aliphatic carbocycles. The smallest absolute Gasteiger partial charge is 0.0705 e. The second kappa shape index (κ2) is 5.08. The van der Waals surface area contributed by atoms with Crippen molar-refractivity contribution in [1.29, 1.82) is 0 Å². The van der Waals surface area contributed by atoms with Gasteiger partial charge in [0.15, 0.2) is 0 Å². The molecular weight excluding hydrogens is 196 g/mol. The minimum absolute atomic E-state index is 1.06. The molecule has 1 aromatic carbocycles. The number of hydrogen-bond donors (Lipinski definition) is 0. The summed E-state index contributed by atoms with van der Waals surface area (Å²) in [5.41, 5.74) is 2.30. The van der Waals surface area contributed by atoms with Crippen molar-refractivity contribution in [2.24, 2.45) is 0 Å². The Hall–Kier alpha value is -1.41. The number of fused-ring (bicyclic) bond motifs is 1. The van der Waals surface area contributed by atoms with Crippen LogP contribution in [0.2, 0.25) is 0 Å². The first kappa shape index (κ1) is 11.1. The minimum atomic E-state index is 1.06. The highest BCUT2D eigenvalue weighted by atomic mass is 15.0. The van der Waals surface area contributed by atoms with Crippen LogP contribution in [0.5, 0.6) is 0 Å². The molecule has 0 saturated carbocycles. The zero-order valence-electron chi connectivity index (χ0n) is 9.98. The Morgan fingerprint density at radius 2 is 1.88 bits per heavy atom. The number of hydrogen-bond acceptors (Lipinski definition) is 2. The van der Waals surface area contributed by atoms with Crippen LogP contribution in [0, 0.1) is 0 Å². The largest absolute Gasteiger partial charge is 0.309 e. The highest BCUT2D eigenvalue weighted by Crippen LogP contribution is 2.12. The topological polar surface area (TPSA) is 16.1 Å².